The summed E-state index contributed by atoms with van der Waals surface area (Å²) in [6.45, 7) is 3.19. The molecule has 2 saturated heterocycles. The molecule has 1 N–H and O–H groups in total. The quantitative estimate of drug-likeness (QED) is 0.738. The average molecular weight is 441 g/mol. The van der Waals surface area contributed by atoms with E-state index in [9.17, 15) is 22.8 Å². The second-order valence-electron chi connectivity index (χ2n) is 8.07. The second kappa shape index (κ2) is 10.9. The van der Waals surface area contributed by atoms with Crippen LogP contribution in [0.1, 0.15) is 49.3 Å². The summed E-state index contributed by atoms with van der Waals surface area (Å²) in [6.07, 6.45) is -0.0848. The number of halogens is 3. The van der Waals surface area contributed by atoms with Crippen LogP contribution in [0.15, 0.2) is 24.3 Å². The maximum Gasteiger partial charge on any atom is 0.416 e. The van der Waals surface area contributed by atoms with Crippen molar-refractivity contribution < 1.29 is 27.5 Å². The van der Waals surface area contributed by atoms with Gasteiger partial charge in [0, 0.05) is 32.6 Å². The van der Waals surface area contributed by atoms with E-state index < -0.39 is 11.7 Å². The lowest BCUT2D eigenvalue weighted by Gasteiger charge is -2.35. The summed E-state index contributed by atoms with van der Waals surface area (Å²) in [5.74, 6) is -0.249. The van der Waals surface area contributed by atoms with Crippen LogP contribution in [0.2, 0.25) is 0 Å². The number of nitrogens with zero attached hydrogens (tertiary/aromatic N) is 2. The van der Waals surface area contributed by atoms with Gasteiger partial charge in [0.25, 0.3) is 0 Å². The highest BCUT2D eigenvalue weighted by atomic mass is 19.4. The summed E-state index contributed by atoms with van der Waals surface area (Å²) in [7, 11) is 0. The predicted octanol–water partition coefficient (Wildman–Crippen LogP) is 2.99. The van der Waals surface area contributed by atoms with Crippen molar-refractivity contribution >= 4 is 11.8 Å². The third kappa shape index (κ3) is 6.93. The van der Waals surface area contributed by atoms with Crippen molar-refractivity contribution in [1.82, 2.24) is 15.1 Å². The standard InChI is InChI=1S/C22H30F3N3O3/c23-22(24,25)18-8-6-17(7-9-18)19(27-11-13-31-14-12-27)15-26-20(29)16-28-10-4-2-1-3-5-21(28)30/h6-9,19H,1-5,10-16H2,(H,26,29). The van der Waals surface area contributed by atoms with Gasteiger partial charge in [-0.05, 0) is 30.5 Å². The van der Waals surface area contributed by atoms with E-state index in [4.69, 9.17) is 4.74 Å². The van der Waals surface area contributed by atoms with Gasteiger partial charge in [-0.2, -0.15) is 13.2 Å². The van der Waals surface area contributed by atoms with Crippen molar-refractivity contribution in [2.75, 3.05) is 45.9 Å². The minimum Gasteiger partial charge on any atom is -0.379 e. The Hall–Kier alpha value is -2.13. The maximum absolute atomic E-state index is 12.9. The third-order valence-electron chi connectivity index (χ3n) is 5.86. The molecule has 2 aliphatic heterocycles. The normalized spacial score (nSPS) is 20.1. The first-order valence-corrected chi connectivity index (χ1v) is 10.9. The highest BCUT2D eigenvalue weighted by molar-refractivity contribution is 5.84. The van der Waals surface area contributed by atoms with Crippen LogP contribution in [0.3, 0.4) is 0 Å². The summed E-state index contributed by atoms with van der Waals surface area (Å²) < 4.78 is 44.2. The van der Waals surface area contributed by atoms with Crippen molar-refractivity contribution in [2.45, 2.75) is 44.3 Å². The van der Waals surface area contributed by atoms with E-state index in [2.05, 4.69) is 10.2 Å². The number of alkyl halides is 3. The summed E-state index contributed by atoms with van der Waals surface area (Å²) in [5.41, 5.74) is 0.00847. The third-order valence-corrected chi connectivity index (χ3v) is 5.86. The van der Waals surface area contributed by atoms with Gasteiger partial charge < -0.3 is 15.0 Å². The van der Waals surface area contributed by atoms with E-state index in [1.54, 1.807) is 4.90 Å². The topological polar surface area (TPSA) is 61.9 Å². The average Bonchev–Trinajstić information content (AvgIpc) is 2.74. The van der Waals surface area contributed by atoms with Crippen LogP contribution in [0, 0.1) is 0 Å². The van der Waals surface area contributed by atoms with Gasteiger partial charge in [-0.15, -0.1) is 0 Å². The molecule has 3 rings (SSSR count). The van der Waals surface area contributed by atoms with Crippen LogP contribution in [-0.4, -0.2) is 67.6 Å². The van der Waals surface area contributed by atoms with E-state index in [1.807, 2.05) is 0 Å². The first kappa shape index (κ1) is 23.5. The SMILES string of the molecule is O=C(CN1CCCCCCC1=O)NCC(c1ccc(C(F)(F)F)cc1)N1CCOCC1. The Morgan fingerprint density at radius 1 is 1.03 bits per heavy atom. The van der Waals surface area contributed by atoms with Gasteiger partial charge in [0.2, 0.25) is 11.8 Å². The molecule has 6 nitrogen and oxygen atoms in total. The summed E-state index contributed by atoms with van der Waals surface area (Å²) in [5, 5.41) is 2.89. The lowest BCUT2D eigenvalue weighted by molar-refractivity contribution is -0.137. The monoisotopic (exact) mass is 441 g/mol. The van der Waals surface area contributed by atoms with E-state index in [-0.39, 0.29) is 30.9 Å². The van der Waals surface area contributed by atoms with E-state index in [0.29, 0.717) is 44.8 Å². The van der Waals surface area contributed by atoms with Crippen molar-refractivity contribution in [3.05, 3.63) is 35.4 Å². The number of hydrogen-bond donors (Lipinski definition) is 1. The maximum atomic E-state index is 12.9. The Kier molecular flexibility index (Phi) is 8.31. The fraction of sp³-hybridized carbons (Fsp3) is 0.636. The van der Waals surface area contributed by atoms with Gasteiger partial charge in [-0.25, -0.2) is 0 Å². The largest absolute Gasteiger partial charge is 0.416 e. The van der Waals surface area contributed by atoms with Crippen LogP contribution in [0.25, 0.3) is 0 Å². The highest BCUT2D eigenvalue weighted by Crippen LogP contribution is 2.31. The number of rotatable bonds is 6. The molecule has 0 saturated carbocycles. The van der Waals surface area contributed by atoms with Gasteiger partial charge >= 0.3 is 6.18 Å². The number of likely N-dealkylation sites (tertiary alicyclic amines) is 1. The number of amides is 2. The lowest BCUT2D eigenvalue weighted by Crippen LogP contribution is -2.46. The van der Waals surface area contributed by atoms with Gasteiger partial charge in [0.05, 0.1) is 31.4 Å². The van der Waals surface area contributed by atoms with Crippen molar-refractivity contribution in [3.8, 4) is 0 Å². The van der Waals surface area contributed by atoms with Gasteiger partial charge in [0.1, 0.15) is 0 Å². The Morgan fingerprint density at radius 3 is 2.39 bits per heavy atom. The molecule has 9 heteroatoms. The fourth-order valence-electron chi connectivity index (χ4n) is 4.06. The number of hydrogen-bond acceptors (Lipinski definition) is 4. The molecule has 0 aliphatic carbocycles. The molecule has 2 aliphatic rings. The summed E-state index contributed by atoms with van der Waals surface area (Å²) in [4.78, 5) is 28.5. The van der Waals surface area contributed by atoms with Crippen LogP contribution >= 0.6 is 0 Å². The van der Waals surface area contributed by atoms with Crippen LogP contribution in [0.4, 0.5) is 13.2 Å². The van der Waals surface area contributed by atoms with Gasteiger partial charge in [-0.1, -0.05) is 25.0 Å². The Morgan fingerprint density at radius 2 is 1.71 bits per heavy atom. The van der Waals surface area contributed by atoms with E-state index in [1.165, 1.54) is 12.1 Å². The number of morpholine rings is 1. The molecule has 0 spiro atoms. The van der Waals surface area contributed by atoms with Gasteiger partial charge in [0.15, 0.2) is 0 Å². The number of ether oxygens (including phenoxy) is 1. The van der Waals surface area contributed by atoms with Crippen LogP contribution in [0.5, 0.6) is 0 Å². The molecule has 0 aromatic heterocycles. The van der Waals surface area contributed by atoms with E-state index >= 15 is 0 Å². The van der Waals surface area contributed by atoms with Gasteiger partial charge in [-0.3, -0.25) is 14.5 Å². The molecule has 172 valence electrons. The van der Waals surface area contributed by atoms with Crippen LogP contribution < -0.4 is 5.32 Å². The van der Waals surface area contributed by atoms with E-state index in [0.717, 1.165) is 37.8 Å². The molecule has 2 fully saturated rings. The molecule has 0 radical (unpaired) electrons. The first-order chi connectivity index (χ1) is 14.8. The molecular weight excluding hydrogens is 411 g/mol. The van der Waals surface area contributed by atoms with Crippen LogP contribution in [-0.2, 0) is 20.5 Å². The zero-order chi connectivity index (χ0) is 22.3. The molecule has 1 atom stereocenters. The molecule has 1 aromatic carbocycles. The van der Waals surface area contributed by atoms with Crippen molar-refractivity contribution in [1.29, 1.82) is 0 Å². The molecule has 31 heavy (non-hydrogen) atoms. The molecule has 1 unspecified atom stereocenters. The fourth-order valence-corrected chi connectivity index (χ4v) is 4.06. The highest BCUT2D eigenvalue weighted by Gasteiger charge is 2.31. The summed E-state index contributed by atoms with van der Waals surface area (Å²) in [6, 6.07) is 4.82. The number of benzene rings is 1. The minimum absolute atomic E-state index is 0.00215. The predicted molar refractivity (Wildman–Crippen MR) is 109 cm³/mol. The Labute approximate surface area is 180 Å². The molecular formula is C22H30F3N3O3. The zero-order valence-electron chi connectivity index (χ0n) is 17.6. The smallest absolute Gasteiger partial charge is 0.379 e. The minimum atomic E-state index is -4.39. The van der Waals surface area contributed by atoms with Crippen molar-refractivity contribution in [2.24, 2.45) is 0 Å². The van der Waals surface area contributed by atoms with Crippen molar-refractivity contribution in [3.63, 3.8) is 0 Å². The number of carbonyl (C=O) groups is 2. The Bertz CT molecular complexity index is 734. The summed E-state index contributed by atoms with van der Waals surface area (Å²) >= 11 is 0. The second-order valence-corrected chi connectivity index (χ2v) is 8.07. The number of carbonyl (C=O) groups excluding carboxylic acids is 2. The molecule has 2 amide bonds. The first-order valence-electron chi connectivity index (χ1n) is 10.9. The molecule has 1 aromatic rings. The molecule has 0 bridgehead atoms. The lowest BCUT2D eigenvalue weighted by atomic mass is 10.0. The zero-order valence-corrected chi connectivity index (χ0v) is 17.6. The molecule has 2 heterocycles. The number of nitrogens with one attached hydrogen (secondary N) is 1. The Balaban J connectivity index is 1.64.